The molecule has 0 aromatic heterocycles. The fraction of sp³-hybridized carbons (Fsp3) is 0.556. The molecular formula is C9H15N. The lowest BCUT2D eigenvalue weighted by Gasteiger charge is -2.11. The summed E-state index contributed by atoms with van der Waals surface area (Å²) in [7, 11) is 1.99. The second-order valence-corrected chi connectivity index (χ2v) is 2.72. The molecule has 56 valence electrons. The molecule has 0 bridgehead atoms. The second-order valence-electron chi connectivity index (χ2n) is 2.72. The van der Waals surface area contributed by atoms with E-state index >= 15 is 0 Å². The molecule has 1 nitrogen and oxygen atoms in total. The maximum Gasteiger partial charge on any atom is 0.0201 e. The Labute approximate surface area is 62.8 Å². The van der Waals surface area contributed by atoms with Crippen LogP contribution in [0.4, 0.5) is 0 Å². The molecule has 0 saturated heterocycles. The first-order valence-corrected chi connectivity index (χ1v) is 3.85. The summed E-state index contributed by atoms with van der Waals surface area (Å²) in [5, 5.41) is 3.16. The van der Waals surface area contributed by atoms with Gasteiger partial charge in [-0.25, -0.2) is 0 Å². The van der Waals surface area contributed by atoms with Crippen LogP contribution < -0.4 is 5.32 Å². The van der Waals surface area contributed by atoms with Crippen LogP contribution in [0, 0.1) is 0 Å². The summed E-state index contributed by atoms with van der Waals surface area (Å²) in [5.41, 5.74) is 2.91. The lowest BCUT2D eigenvalue weighted by molar-refractivity contribution is 0.858. The Morgan fingerprint density at radius 3 is 2.70 bits per heavy atom. The quantitative estimate of drug-likeness (QED) is 0.612. The standard InChI is InChI=1S/C9H15N/c1-8-5-3-4-6-9(8)7-10-2/h5-6,10H,3-4,7H2,1-2H3. The highest BCUT2D eigenvalue weighted by atomic mass is 14.8. The van der Waals surface area contributed by atoms with Gasteiger partial charge >= 0.3 is 0 Å². The van der Waals surface area contributed by atoms with Gasteiger partial charge in [0.25, 0.3) is 0 Å². The lowest BCUT2D eigenvalue weighted by atomic mass is 9.99. The first-order chi connectivity index (χ1) is 4.84. The Kier molecular flexibility index (Phi) is 2.69. The first-order valence-electron chi connectivity index (χ1n) is 3.85. The van der Waals surface area contributed by atoms with Crippen molar-refractivity contribution in [2.45, 2.75) is 19.8 Å². The number of hydrogen-bond donors (Lipinski definition) is 1. The van der Waals surface area contributed by atoms with Gasteiger partial charge in [-0.1, -0.05) is 17.7 Å². The van der Waals surface area contributed by atoms with Crippen molar-refractivity contribution in [3.05, 3.63) is 23.3 Å². The van der Waals surface area contributed by atoms with Crippen LogP contribution in [0.3, 0.4) is 0 Å². The molecule has 0 amide bonds. The second kappa shape index (κ2) is 3.57. The summed E-state index contributed by atoms with van der Waals surface area (Å²) in [6.07, 6.45) is 7.08. The molecule has 0 fully saturated rings. The summed E-state index contributed by atoms with van der Waals surface area (Å²) >= 11 is 0. The molecule has 10 heavy (non-hydrogen) atoms. The summed E-state index contributed by atoms with van der Waals surface area (Å²) < 4.78 is 0. The predicted octanol–water partition coefficient (Wildman–Crippen LogP) is 1.87. The molecule has 0 unspecified atom stereocenters. The van der Waals surface area contributed by atoms with Crippen molar-refractivity contribution in [3.63, 3.8) is 0 Å². The van der Waals surface area contributed by atoms with Crippen molar-refractivity contribution in [3.8, 4) is 0 Å². The van der Waals surface area contributed by atoms with Crippen LogP contribution in [0.2, 0.25) is 0 Å². The Bertz CT molecular complexity index is 166. The third-order valence-corrected chi connectivity index (χ3v) is 1.88. The van der Waals surface area contributed by atoms with E-state index < -0.39 is 0 Å². The van der Waals surface area contributed by atoms with Crippen LogP contribution in [0.15, 0.2) is 23.3 Å². The van der Waals surface area contributed by atoms with E-state index in [9.17, 15) is 0 Å². The van der Waals surface area contributed by atoms with Crippen LogP contribution >= 0.6 is 0 Å². The molecule has 0 aromatic carbocycles. The topological polar surface area (TPSA) is 12.0 Å². The van der Waals surface area contributed by atoms with Crippen molar-refractivity contribution < 1.29 is 0 Å². The highest BCUT2D eigenvalue weighted by Crippen LogP contribution is 2.16. The van der Waals surface area contributed by atoms with Gasteiger partial charge in [-0.15, -0.1) is 0 Å². The SMILES string of the molecule is CNCC1=CCCC=C1C. The van der Waals surface area contributed by atoms with Gasteiger partial charge in [0.15, 0.2) is 0 Å². The molecule has 0 spiro atoms. The third kappa shape index (κ3) is 1.71. The highest BCUT2D eigenvalue weighted by molar-refractivity contribution is 5.32. The third-order valence-electron chi connectivity index (χ3n) is 1.88. The van der Waals surface area contributed by atoms with Crippen molar-refractivity contribution in [2.24, 2.45) is 0 Å². The average molecular weight is 137 g/mol. The fourth-order valence-corrected chi connectivity index (χ4v) is 1.25. The van der Waals surface area contributed by atoms with E-state index in [1.54, 1.807) is 0 Å². The highest BCUT2D eigenvalue weighted by Gasteiger charge is 2.01. The molecule has 0 atom stereocenters. The Balaban J connectivity index is 2.56. The zero-order valence-electron chi connectivity index (χ0n) is 6.78. The van der Waals surface area contributed by atoms with E-state index in [-0.39, 0.29) is 0 Å². The van der Waals surface area contributed by atoms with Crippen molar-refractivity contribution in [1.29, 1.82) is 0 Å². The maximum atomic E-state index is 3.16. The van der Waals surface area contributed by atoms with Gasteiger partial charge in [0.05, 0.1) is 0 Å². The number of nitrogens with one attached hydrogen (secondary N) is 1. The Hall–Kier alpha value is -0.560. The van der Waals surface area contributed by atoms with Gasteiger partial charge in [0.1, 0.15) is 0 Å². The number of likely N-dealkylation sites (N-methyl/N-ethyl adjacent to an activating group) is 1. The zero-order chi connectivity index (χ0) is 7.40. The molecule has 0 heterocycles. The molecule has 0 saturated carbocycles. The molecule has 0 radical (unpaired) electrons. The summed E-state index contributed by atoms with van der Waals surface area (Å²) in [4.78, 5) is 0. The van der Waals surface area contributed by atoms with Crippen LogP contribution in [0.1, 0.15) is 19.8 Å². The molecule has 1 aliphatic carbocycles. The molecule has 1 N–H and O–H groups in total. The minimum atomic E-state index is 1.02. The summed E-state index contributed by atoms with van der Waals surface area (Å²) in [5.74, 6) is 0. The Morgan fingerprint density at radius 1 is 1.40 bits per heavy atom. The van der Waals surface area contributed by atoms with Crippen LogP contribution in [0.25, 0.3) is 0 Å². The van der Waals surface area contributed by atoms with Crippen LogP contribution in [0.5, 0.6) is 0 Å². The van der Waals surface area contributed by atoms with Crippen molar-refractivity contribution in [2.75, 3.05) is 13.6 Å². The summed E-state index contributed by atoms with van der Waals surface area (Å²) in [6.45, 7) is 3.20. The van der Waals surface area contributed by atoms with E-state index in [0.29, 0.717) is 0 Å². The zero-order valence-corrected chi connectivity index (χ0v) is 6.78. The number of rotatable bonds is 2. The van der Waals surface area contributed by atoms with Gasteiger partial charge in [0.2, 0.25) is 0 Å². The van der Waals surface area contributed by atoms with E-state index in [1.165, 1.54) is 24.0 Å². The van der Waals surface area contributed by atoms with Gasteiger partial charge in [-0.3, -0.25) is 0 Å². The fourth-order valence-electron chi connectivity index (χ4n) is 1.25. The Morgan fingerprint density at radius 2 is 2.10 bits per heavy atom. The van der Waals surface area contributed by atoms with Crippen LogP contribution in [-0.4, -0.2) is 13.6 Å². The predicted molar refractivity (Wildman–Crippen MR) is 45.0 cm³/mol. The van der Waals surface area contributed by atoms with Crippen LogP contribution in [-0.2, 0) is 0 Å². The van der Waals surface area contributed by atoms with E-state index in [0.717, 1.165) is 6.54 Å². The normalized spacial score (nSPS) is 18.2. The molecule has 0 aliphatic heterocycles. The van der Waals surface area contributed by atoms with Gasteiger partial charge in [0, 0.05) is 6.54 Å². The van der Waals surface area contributed by atoms with Gasteiger partial charge in [-0.05, 0) is 32.4 Å². The smallest absolute Gasteiger partial charge is 0.0201 e. The molecule has 1 rings (SSSR count). The molecule has 1 aliphatic rings. The number of hydrogen-bond acceptors (Lipinski definition) is 1. The van der Waals surface area contributed by atoms with Crippen molar-refractivity contribution in [1.82, 2.24) is 5.32 Å². The first kappa shape index (κ1) is 7.55. The molecule has 1 heteroatoms. The minimum Gasteiger partial charge on any atom is -0.316 e. The summed E-state index contributed by atoms with van der Waals surface area (Å²) in [6, 6.07) is 0. The molecule has 0 aromatic rings. The van der Waals surface area contributed by atoms with Gasteiger partial charge < -0.3 is 5.32 Å². The maximum absolute atomic E-state index is 3.16. The van der Waals surface area contributed by atoms with E-state index in [4.69, 9.17) is 0 Å². The average Bonchev–Trinajstić information content (AvgIpc) is 1.94. The van der Waals surface area contributed by atoms with E-state index in [2.05, 4.69) is 24.4 Å². The lowest BCUT2D eigenvalue weighted by Crippen LogP contribution is -2.12. The minimum absolute atomic E-state index is 1.02. The monoisotopic (exact) mass is 137 g/mol. The van der Waals surface area contributed by atoms with Crippen molar-refractivity contribution >= 4 is 0 Å². The molecular weight excluding hydrogens is 122 g/mol. The number of allylic oxidation sites excluding steroid dienone is 2. The van der Waals surface area contributed by atoms with Gasteiger partial charge in [-0.2, -0.15) is 0 Å². The largest absolute Gasteiger partial charge is 0.316 e. The van der Waals surface area contributed by atoms with E-state index in [1.807, 2.05) is 7.05 Å².